The summed E-state index contributed by atoms with van der Waals surface area (Å²) < 4.78 is 0. The molecule has 1 aliphatic heterocycles. The maximum Gasteiger partial charge on any atom is 0.243 e. The third kappa shape index (κ3) is 3.45. The number of likely N-dealkylation sites (tertiary alicyclic amines) is 1. The fourth-order valence-electron chi connectivity index (χ4n) is 2.25. The van der Waals surface area contributed by atoms with Gasteiger partial charge in [-0.25, -0.2) is 0 Å². The first-order valence-corrected chi connectivity index (χ1v) is 6.72. The Labute approximate surface area is 109 Å². The molecular formula is C13H24N2O3. The molecule has 1 fully saturated rings. The second kappa shape index (κ2) is 6.73. The second-order valence-corrected chi connectivity index (χ2v) is 5.16. The lowest BCUT2D eigenvalue weighted by Crippen LogP contribution is -2.52. The zero-order valence-corrected chi connectivity index (χ0v) is 11.5. The molecule has 0 saturated carbocycles. The molecule has 2 N–H and O–H groups in total. The predicted octanol–water partition coefficient (Wildman–Crippen LogP) is 0.520. The third-order valence-corrected chi connectivity index (χ3v) is 3.50. The van der Waals surface area contributed by atoms with Gasteiger partial charge in [0.1, 0.15) is 6.04 Å². The molecule has 0 spiro atoms. The maximum absolute atomic E-state index is 12.2. The Morgan fingerprint density at radius 1 is 1.50 bits per heavy atom. The fourth-order valence-corrected chi connectivity index (χ4v) is 2.25. The van der Waals surface area contributed by atoms with Gasteiger partial charge in [-0.15, -0.1) is 0 Å². The van der Waals surface area contributed by atoms with Gasteiger partial charge in [-0.05, 0) is 18.8 Å². The van der Waals surface area contributed by atoms with Gasteiger partial charge in [0.2, 0.25) is 11.8 Å². The molecule has 0 aromatic heterocycles. The van der Waals surface area contributed by atoms with Crippen LogP contribution in [-0.4, -0.2) is 47.1 Å². The Kier molecular flexibility index (Phi) is 5.59. The number of rotatable bonds is 6. The van der Waals surface area contributed by atoms with Crippen LogP contribution in [0.5, 0.6) is 0 Å². The summed E-state index contributed by atoms with van der Waals surface area (Å²) in [6, 6.07) is -0.642. The van der Waals surface area contributed by atoms with E-state index in [1.807, 2.05) is 20.8 Å². The molecule has 0 radical (unpaired) electrons. The van der Waals surface area contributed by atoms with Crippen LogP contribution in [0.1, 0.15) is 40.0 Å². The number of carbonyl (C=O) groups is 2. The van der Waals surface area contributed by atoms with Crippen LogP contribution in [0.3, 0.4) is 0 Å². The van der Waals surface area contributed by atoms with Gasteiger partial charge in [-0.2, -0.15) is 0 Å². The molecule has 0 aliphatic carbocycles. The number of aliphatic hydroxyl groups is 1. The lowest BCUT2D eigenvalue weighted by atomic mass is 10.0. The fraction of sp³-hybridized carbons (Fsp3) is 0.846. The van der Waals surface area contributed by atoms with Gasteiger partial charge < -0.3 is 15.3 Å². The van der Waals surface area contributed by atoms with E-state index in [4.69, 9.17) is 0 Å². The summed E-state index contributed by atoms with van der Waals surface area (Å²) in [6.45, 7) is 6.38. The quantitative estimate of drug-likeness (QED) is 0.728. The van der Waals surface area contributed by atoms with Crippen LogP contribution in [0.4, 0.5) is 0 Å². The van der Waals surface area contributed by atoms with E-state index in [-0.39, 0.29) is 30.4 Å². The van der Waals surface area contributed by atoms with Crippen LogP contribution >= 0.6 is 0 Å². The Bertz CT molecular complexity index is 305. The minimum absolute atomic E-state index is 0.0575. The van der Waals surface area contributed by atoms with Gasteiger partial charge in [-0.3, -0.25) is 9.59 Å². The first-order chi connectivity index (χ1) is 8.51. The van der Waals surface area contributed by atoms with E-state index in [0.717, 1.165) is 6.42 Å². The van der Waals surface area contributed by atoms with Crippen LogP contribution < -0.4 is 5.32 Å². The largest absolute Gasteiger partial charge is 0.394 e. The average Bonchev–Trinajstić information content (AvgIpc) is 2.73. The van der Waals surface area contributed by atoms with Gasteiger partial charge >= 0.3 is 0 Å². The Balaban J connectivity index is 2.64. The molecule has 2 atom stereocenters. The zero-order valence-electron chi connectivity index (χ0n) is 11.5. The zero-order chi connectivity index (χ0) is 13.7. The number of nitrogens with zero attached hydrogens (tertiary/aromatic N) is 1. The van der Waals surface area contributed by atoms with E-state index < -0.39 is 6.04 Å². The van der Waals surface area contributed by atoms with Crippen molar-refractivity contribution in [3.8, 4) is 0 Å². The highest BCUT2D eigenvalue weighted by Gasteiger charge is 2.32. The Morgan fingerprint density at radius 2 is 2.17 bits per heavy atom. The predicted molar refractivity (Wildman–Crippen MR) is 68.9 cm³/mol. The number of nitrogens with one attached hydrogen (secondary N) is 1. The van der Waals surface area contributed by atoms with Crippen molar-refractivity contribution < 1.29 is 14.7 Å². The SMILES string of the molecule is CC[C@@H](C(=O)N[C@H](CO)C(C)C)N1CCCC1=O. The van der Waals surface area contributed by atoms with Gasteiger partial charge in [0.15, 0.2) is 0 Å². The van der Waals surface area contributed by atoms with Crippen LogP contribution in [0.25, 0.3) is 0 Å². The summed E-state index contributed by atoms with van der Waals surface area (Å²) in [6.07, 6.45) is 1.97. The molecule has 5 nitrogen and oxygen atoms in total. The molecule has 1 aliphatic rings. The van der Waals surface area contributed by atoms with E-state index >= 15 is 0 Å². The molecule has 0 aromatic carbocycles. The minimum Gasteiger partial charge on any atom is -0.394 e. The summed E-state index contributed by atoms with van der Waals surface area (Å²) in [7, 11) is 0. The molecule has 1 saturated heterocycles. The molecule has 2 amide bonds. The monoisotopic (exact) mass is 256 g/mol. The standard InChI is InChI=1S/C13H24N2O3/c1-4-11(15-7-5-6-12(15)17)13(18)14-10(8-16)9(2)3/h9-11,16H,4-8H2,1-3H3,(H,14,18)/t10-,11+/m1/s1. The highest BCUT2D eigenvalue weighted by molar-refractivity contribution is 5.88. The van der Waals surface area contributed by atoms with Gasteiger partial charge in [0.05, 0.1) is 12.6 Å². The Hall–Kier alpha value is -1.10. The molecule has 0 aromatic rings. The normalized spacial score (nSPS) is 19.2. The second-order valence-electron chi connectivity index (χ2n) is 5.16. The molecule has 5 heteroatoms. The van der Waals surface area contributed by atoms with Crippen molar-refractivity contribution in [2.45, 2.75) is 52.1 Å². The van der Waals surface area contributed by atoms with Crippen LogP contribution in [0, 0.1) is 5.92 Å². The van der Waals surface area contributed by atoms with E-state index in [9.17, 15) is 14.7 Å². The lowest BCUT2D eigenvalue weighted by Gasteiger charge is -2.28. The molecule has 0 unspecified atom stereocenters. The number of amides is 2. The summed E-state index contributed by atoms with van der Waals surface area (Å²) in [4.78, 5) is 25.5. The minimum atomic E-state index is -0.396. The molecule has 0 bridgehead atoms. The van der Waals surface area contributed by atoms with E-state index in [1.165, 1.54) is 0 Å². The van der Waals surface area contributed by atoms with Crippen molar-refractivity contribution in [3.63, 3.8) is 0 Å². The first kappa shape index (κ1) is 15.0. The van der Waals surface area contributed by atoms with E-state index in [0.29, 0.717) is 19.4 Å². The van der Waals surface area contributed by atoms with Crippen molar-refractivity contribution in [2.75, 3.05) is 13.2 Å². The molecule has 1 heterocycles. The van der Waals surface area contributed by atoms with E-state index in [1.54, 1.807) is 4.90 Å². The van der Waals surface area contributed by atoms with Crippen molar-refractivity contribution in [3.05, 3.63) is 0 Å². The van der Waals surface area contributed by atoms with Crippen molar-refractivity contribution in [1.82, 2.24) is 10.2 Å². The maximum atomic E-state index is 12.2. The lowest BCUT2D eigenvalue weighted by molar-refractivity contribution is -0.138. The number of aliphatic hydroxyl groups excluding tert-OH is 1. The van der Waals surface area contributed by atoms with Crippen molar-refractivity contribution in [1.29, 1.82) is 0 Å². The highest BCUT2D eigenvalue weighted by atomic mass is 16.3. The van der Waals surface area contributed by atoms with Crippen molar-refractivity contribution in [2.24, 2.45) is 5.92 Å². The van der Waals surface area contributed by atoms with Gasteiger partial charge in [0.25, 0.3) is 0 Å². The van der Waals surface area contributed by atoms with Crippen LogP contribution in [0.15, 0.2) is 0 Å². The summed E-state index contributed by atoms with van der Waals surface area (Å²) in [5.41, 5.74) is 0. The summed E-state index contributed by atoms with van der Waals surface area (Å²) >= 11 is 0. The number of hydrogen-bond acceptors (Lipinski definition) is 3. The number of carbonyl (C=O) groups excluding carboxylic acids is 2. The van der Waals surface area contributed by atoms with Gasteiger partial charge in [-0.1, -0.05) is 20.8 Å². The third-order valence-electron chi connectivity index (χ3n) is 3.50. The highest BCUT2D eigenvalue weighted by Crippen LogP contribution is 2.16. The molecular weight excluding hydrogens is 232 g/mol. The smallest absolute Gasteiger partial charge is 0.243 e. The van der Waals surface area contributed by atoms with Gasteiger partial charge in [0, 0.05) is 13.0 Å². The molecule has 104 valence electrons. The molecule has 18 heavy (non-hydrogen) atoms. The topological polar surface area (TPSA) is 69.6 Å². The number of hydrogen-bond donors (Lipinski definition) is 2. The van der Waals surface area contributed by atoms with E-state index in [2.05, 4.69) is 5.32 Å². The summed E-state index contributed by atoms with van der Waals surface area (Å²) in [5, 5.41) is 12.1. The Morgan fingerprint density at radius 3 is 2.56 bits per heavy atom. The van der Waals surface area contributed by atoms with Crippen molar-refractivity contribution >= 4 is 11.8 Å². The summed E-state index contributed by atoms with van der Waals surface area (Å²) in [5.74, 6) is 0.0772. The molecule has 1 rings (SSSR count). The van der Waals surface area contributed by atoms with Crippen LogP contribution in [0.2, 0.25) is 0 Å². The first-order valence-electron chi connectivity index (χ1n) is 6.72. The van der Waals surface area contributed by atoms with Crippen LogP contribution in [-0.2, 0) is 9.59 Å². The average molecular weight is 256 g/mol.